The Hall–Kier alpha value is -1.58. The molecule has 7 nitrogen and oxygen atoms in total. The number of sulfonamides is 1. The van der Waals surface area contributed by atoms with Gasteiger partial charge in [0.25, 0.3) is 5.91 Å². The van der Waals surface area contributed by atoms with Crippen LogP contribution in [0.5, 0.6) is 0 Å². The maximum Gasteiger partial charge on any atom is 0.316 e. The van der Waals surface area contributed by atoms with E-state index in [2.05, 4.69) is 0 Å². The highest BCUT2D eigenvalue weighted by atomic mass is 32.2. The maximum atomic E-state index is 12.9. The van der Waals surface area contributed by atoms with Crippen LogP contribution in [0.15, 0.2) is 29.2 Å². The van der Waals surface area contributed by atoms with Crippen molar-refractivity contribution in [3.05, 3.63) is 29.8 Å². The Morgan fingerprint density at radius 2 is 1.84 bits per heavy atom. The van der Waals surface area contributed by atoms with Gasteiger partial charge >= 0.3 is 5.97 Å². The number of carbonyl (C=O) groups excluding carboxylic acids is 1. The zero-order valence-corrected chi connectivity index (χ0v) is 15.8. The molecule has 1 aromatic rings. The van der Waals surface area contributed by atoms with Crippen LogP contribution in [0.1, 0.15) is 23.7 Å². The second kappa shape index (κ2) is 8.20. The Kier molecular flexibility index (Phi) is 6.47. The van der Waals surface area contributed by atoms with Gasteiger partial charge in [0.1, 0.15) is 5.25 Å². The summed E-state index contributed by atoms with van der Waals surface area (Å²) in [7, 11) is -3.27. The molecule has 1 fully saturated rings. The summed E-state index contributed by atoms with van der Waals surface area (Å²) >= 11 is 1.13. The van der Waals surface area contributed by atoms with Crippen LogP contribution in [0.3, 0.4) is 0 Å². The third kappa shape index (κ3) is 5.20. The first-order chi connectivity index (χ1) is 11.7. The van der Waals surface area contributed by atoms with Crippen molar-refractivity contribution in [3.8, 4) is 0 Å². The lowest BCUT2D eigenvalue weighted by Crippen LogP contribution is -2.37. The molecule has 0 spiro atoms. The number of hydrogen-bond donors (Lipinski definition) is 1. The van der Waals surface area contributed by atoms with Crippen molar-refractivity contribution in [3.63, 3.8) is 0 Å². The molecule has 0 aromatic heterocycles. The van der Waals surface area contributed by atoms with Crippen molar-refractivity contribution in [1.82, 2.24) is 9.21 Å². The van der Waals surface area contributed by atoms with Crippen LogP contribution in [0.25, 0.3) is 0 Å². The van der Waals surface area contributed by atoms with Crippen LogP contribution >= 0.6 is 11.8 Å². The van der Waals surface area contributed by atoms with Crippen LogP contribution in [0.2, 0.25) is 0 Å². The number of thioether (sulfide) groups is 1. The molecule has 1 atom stereocenters. The minimum atomic E-state index is -3.27. The second-order valence-corrected chi connectivity index (χ2v) is 9.27. The van der Waals surface area contributed by atoms with E-state index in [1.54, 1.807) is 36.1 Å². The number of nitrogens with zero attached hydrogens (tertiary/aromatic N) is 2. The van der Waals surface area contributed by atoms with E-state index in [1.165, 1.54) is 10.6 Å². The fourth-order valence-corrected chi connectivity index (χ4v) is 4.38. The first-order valence-electron chi connectivity index (χ1n) is 7.93. The predicted molar refractivity (Wildman–Crippen MR) is 96.3 cm³/mol. The standard InChI is InChI=1S/C16H22N2O5S2/c1-12(16(20)21)24-14-7-4-3-6-13(14)15(19)17-8-5-9-18(11-10-17)25(2,22)23/h3-4,6-7,12H,5,8-11H2,1-2H3,(H,20,21). The summed E-state index contributed by atoms with van der Waals surface area (Å²) in [5.41, 5.74) is 0.452. The van der Waals surface area contributed by atoms with Crippen molar-refractivity contribution in [2.75, 3.05) is 32.4 Å². The van der Waals surface area contributed by atoms with E-state index in [0.717, 1.165) is 11.8 Å². The minimum Gasteiger partial charge on any atom is -0.480 e. The molecule has 1 aromatic carbocycles. The lowest BCUT2D eigenvalue weighted by Gasteiger charge is -2.22. The van der Waals surface area contributed by atoms with Crippen molar-refractivity contribution >= 4 is 33.7 Å². The highest BCUT2D eigenvalue weighted by molar-refractivity contribution is 8.00. The molecule has 138 valence electrons. The monoisotopic (exact) mass is 386 g/mol. The molecule has 0 aliphatic carbocycles. The molecule has 1 unspecified atom stereocenters. The first kappa shape index (κ1) is 19.7. The van der Waals surface area contributed by atoms with Crippen LogP contribution in [0, 0.1) is 0 Å². The summed E-state index contributed by atoms with van der Waals surface area (Å²) in [6, 6.07) is 6.92. The third-order valence-electron chi connectivity index (χ3n) is 3.98. The highest BCUT2D eigenvalue weighted by Gasteiger charge is 2.26. The third-order valence-corrected chi connectivity index (χ3v) is 6.45. The lowest BCUT2D eigenvalue weighted by atomic mass is 10.2. The van der Waals surface area contributed by atoms with Crippen LogP contribution in [-0.4, -0.2) is 72.3 Å². The van der Waals surface area contributed by atoms with Crippen molar-refractivity contribution in [1.29, 1.82) is 0 Å². The van der Waals surface area contributed by atoms with E-state index >= 15 is 0 Å². The minimum absolute atomic E-state index is 0.198. The lowest BCUT2D eigenvalue weighted by molar-refractivity contribution is -0.136. The average molecular weight is 386 g/mol. The zero-order chi connectivity index (χ0) is 18.6. The summed E-state index contributed by atoms with van der Waals surface area (Å²) < 4.78 is 24.8. The molecule has 9 heteroatoms. The molecule has 0 bridgehead atoms. The molecule has 1 saturated heterocycles. The van der Waals surface area contributed by atoms with Crippen molar-refractivity contribution in [2.45, 2.75) is 23.5 Å². The molecule has 1 N–H and O–H groups in total. The van der Waals surface area contributed by atoms with Gasteiger partial charge < -0.3 is 10.0 Å². The Balaban J connectivity index is 2.16. The van der Waals surface area contributed by atoms with E-state index in [-0.39, 0.29) is 12.5 Å². The van der Waals surface area contributed by atoms with Gasteiger partial charge in [-0.2, -0.15) is 0 Å². The smallest absolute Gasteiger partial charge is 0.316 e. The van der Waals surface area contributed by atoms with Gasteiger partial charge in [0, 0.05) is 31.1 Å². The molecular formula is C16H22N2O5S2. The zero-order valence-electron chi connectivity index (χ0n) is 14.2. The Morgan fingerprint density at radius 1 is 1.16 bits per heavy atom. The average Bonchev–Trinajstić information content (AvgIpc) is 2.80. The van der Waals surface area contributed by atoms with Gasteiger partial charge in [0.15, 0.2) is 0 Å². The van der Waals surface area contributed by atoms with E-state index in [1.807, 2.05) is 0 Å². The van der Waals surface area contributed by atoms with E-state index < -0.39 is 21.2 Å². The molecule has 1 aliphatic heterocycles. The predicted octanol–water partition coefficient (Wildman–Crippen LogP) is 1.36. The number of rotatable bonds is 5. The van der Waals surface area contributed by atoms with E-state index in [9.17, 15) is 18.0 Å². The summed E-state index contributed by atoms with van der Waals surface area (Å²) in [4.78, 5) is 26.2. The van der Waals surface area contributed by atoms with Crippen LogP contribution in [-0.2, 0) is 14.8 Å². The molecular weight excluding hydrogens is 364 g/mol. The highest BCUT2D eigenvalue weighted by Crippen LogP contribution is 2.28. The van der Waals surface area contributed by atoms with Gasteiger partial charge in [-0.3, -0.25) is 9.59 Å². The summed E-state index contributed by atoms with van der Waals surface area (Å²) in [5, 5.41) is 8.42. The normalized spacial score (nSPS) is 17.8. The Bertz CT molecular complexity index is 751. The van der Waals surface area contributed by atoms with Gasteiger partial charge in [-0.15, -0.1) is 11.8 Å². The van der Waals surface area contributed by atoms with Gasteiger partial charge in [-0.1, -0.05) is 12.1 Å². The van der Waals surface area contributed by atoms with Crippen molar-refractivity contribution < 1.29 is 23.1 Å². The second-order valence-electron chi connectivity index (χ2n) is 5.90. The Morgan fingerprint density at radius 3 is 2.48 bits per heavy atom. The number of carbonyl (C=O) groups is 2. The van der Waals surface area contributed by atoms with E-state index in [0.29, 0.717) is 36.5 Å². The number of carboxylic acids is 1. The summed E-state index contributed by atoms with van der Waals surface area (Å²) in [6.07, 6.45) is 1.74. The number of benzene rings is 1. The van der Waals surface area contributed by atoms with Crippen LogP contribution in [0.4, 0.5) is 0 Å². The molecule has 1 aliphatic rings. The van der Waals surface area contributed by atoms with Gasteiger partial charge in [0.2, 0.25) is 10.0 Å². The molecule has 2 rings (SSSR count). The fourth-order valence-electron chi connectivity index (χ4n) is 2.59. The van der Waals surface area contributed by atoms with Gasteiger partial charge in [0.05, 0.1) is 11.8 Å². The number of hydrogen-bond acceptors (Lipinski definition) is 5. The fraction of sp³-hybridized carbons (Fsp3) is 0.500. The molecule has 1 amide bonds. The topological polar surface area (TPSA) is 95.0 Å². The Labute approximate surface area is 152 Å². The number of carboxylic acid groups (broad SMARTS) is 1. The molecule has 25 heavy (non-hydrogen) atoms. The quantitative estimate of drug-likeness (QED) is 0.768. The molecule has 0 saturated carbocycles. The van der Waals surface area contributed by atoms with E-state index in [4.69, 9.17) is 5.11 Å². The molecule has 1 heterocycles. The van der Waals surface area contributed by atoms with Crippen molar-refractivity contribution in [2.24, 2.45) is 0 Å². The summed E-state index contributed by atoms with van der Waals surface area (Å²) in [6.45, 7) is 3.03. The maximum absolute atomic E-state index is 12.9. The number of amides is 1. The first-order valence-corrected chi connectivity index (χ1v) is 10.7. The molecule has 0 radical (unpaired) electrons. The summed E-state index contributed by atoms with van der Waals surface area (Å²) in [5.74, 6) is -1.14. The van der Waals surface area contributed by atoms with Gasteiger partial charge in [-0.25, -0.2) is 12.7 Å². The SMILES string of the molecule is CC(Sc1ccccc1C(=O)N1CCCN(S(C)(=O)=O)CC1)C(=O)O. The van der Waals surface area contributed by atoms with Crippen LogP contribution < -0.4 is 0 Å². The largest absolute Gasteiger partial charge is 0.480 e. The number of aliphatic carboxylic acids is 1. The van der Waals surface area contributed by atoms with Gasteiger partial charge in [-0.05, 0) is 25.5 Å².